The monoisotopic (exact) mass is 456 g/mol. The van der Waals surface area contributed by atoms with E-state index in [1.54, 1.807) is 18.3 Å². The van der Waals surface area contributed by atoms with Crippen molar-refractivity contribution in [2.24, 2.45) is 0 Å². The van der Waals surface area contributed by atoms with Gasteiger partial charge in [-0.3, -0.25) is 9.78 Å². The molecule has 2 atom stereocenters. The lowest BCUT2D eigenvalue weighted by Gasteiger charge is -2.39. The van der Waals surface area contributed by atoms with Crippen LogP contribution in [0.3, 0.4) is 0 Å². The molecule has 3 aromatic rings. The first kappa shape index (κ1) is 21.1. The molecule has 0 bridgehead atoms. The number of para-hydroxylation sites is 1. The number of fused-ring (bicyclic) bond motifs is 2. The highest BCUT2D eigenvalue weighted by Crippen LogP contribution is 2.41. The SMILES string of the molecule is O=C(NC1(c2ccc(OC(F)(F)F)cc2)CCOc2cccnc21)C1Cc2ccccc2O1. The summed E-state index contributed by atoms with van der Waals surface area (Å²) in [6.07, 6.45) is -3.20. The van der Waals surface area contributed by atoms with Crippen LogP contribution in [-0.4, -0.2) is 30.0 Å². The predicted octanol–water partition coefficient (Wildman–Crippen LogP) is 4.13. The molecule has 9 heteroatoms. The molecular formula is C24H19F3N2O4. The van der Waals surface area contributed by atoms with Crippen molar-refractivity contribution in [3.05, 3.63) is 83.7 Å². The maximum Gasteiger partial charge on any atom is 0.573 e. The first-order valence-corrected chi connectivity index (χ1v) is 10.4. The molecule has 1 amide bonds. The average molecular weight is 456 g/mol. The number of benzene rings is 2. The molecule has 0 saturated carbocycles. The standard InChI is InChI=1S/C24H19F3N2O4/c25-24(26,27)33-17-9-7-16(8-10-17)23(11-13-31-19-6-3-12-28-21(19)23)29-22(30)20-14-15-4-1-2-5-18(15)32-20/h1-10,12,20H,11,13-14H2,(H,29,30). The number of halogens is 3. The number of alkyl halides is 3. The Hall–Kier alpha value is -3.75. The molecule has 5 rings (SSSR count). The third-order valence-corrected chi connectivity index (χ3v) is 5.77. The fourth-order valence-corrected chi connectivity index (χ4v) is 4.30. The zero-order valence-corrected chi connectivity index (χ0v) is 17.3. The highest BCUT2D eigenvalue weighted by Gasteiger charge is 2.44. The normalized spacial score (nSPS) is 21.2. The zero-order valence-electron chi connectivity index (χ0n) is 17.3. The van der Waals surface area contributed by atoms with Gasteiger partial charge in [0.25, 0.3) is 5.91 Å². The molecule has 3 heterocycles. The summed E-state index contributed by atoms with van der Waals surface area (Å²) in [6.45, 7) is 0.283. The summed E-state index contributed by atoms with van der Waals surface area (Å²) >= 11 is 0. The van der Waals surface area contributed by atoms with Gasteiger partial charge in [-0.25, -0.2) is 0 Å². The second-order valence-electron chi connectivity index (χ2n) is 7.83. The summed E-state index contributed by atoms with van der Waals surface area (Å²) in [5.74, 6) is 0.456. The smallest absolute Gasteiger partial charge is 0.491 e. The predicted molar refractivity (Wildman–Crippen MR) is 111 cm³/mol. The number of carbonyl (C=O) groups excluding carboxylic acids is 1. The number of hydrogen-bond acceptors (Lipinski definition) is 5. The topological polar surface area (TPSA) is 69.7 Å². The van der Waals surface area contributed by atoms with E-state index in [4.69, 9.17) is 9.47 Å². The minimum Gasteiger partial charge on any atom is -0.491 e. The third kappa shape index (κ3) is 4.06. The fourth-order valence-electron chi connectivity index (χ4n) is 4.30. The van der Waals surface area contributed by atoms with Crippen LogP contribution in [0.2, 0.25) is 0 Å². The molecule has 33 heavy (non-hydrogen) atoms. The van der Waals surface area contributed by atoms with E-state index in [1.165, 1.54) is 24.3 Å². The van der Waals surface area contributed by atoms with Crippen molar-refractivity contribution in [1.82, 2.24) is 10.3 Å². The largest absolute Gasteiger partial charge is 0.573 e. The Morgan fingerprint density at radius 1 is 1.06 bits per heavy atom. The molecule has 6 nitrogen and oxygen atoms in total. The number of ether oxygens (including phenoxy) is 3. The van der Waals surface area contributed by atoms with E-state index in [0.29, 0.717) is 35.6 Å². The first-order chi connectivity index (χ1) is 15.8. The third-order valence-electron chi connectivity index (χ3n) is 5.77. The van der Waals surface area contributed by atoms with E-state index >= 15 is 0 Å². The molecule has 2 aliphatic heterocycles. The maximum atomic E-state index is 13.3. The second-order valence-corrected chi connectivity index (χ2v) is 7.83. The van der Waals surface area contributed by atoms with Crippen molar-refractivity contribution in [2.75, 3.05) is 6.61 Å². The summed E-state index contributed by atoms with van der Waals surface area (Å²) in [4.78, 5) is 17.8. The Bertz CT molecular complexity index is 1160. The van der Waals surface area contributed by atoms with Crippen LogP contribution in [0, 0.1) is 0 Å². The van der Waals surface area contributed by atoms with Gasteiger partial charge in [-0.1, -0.05) is 30.3 Å². The summed E-state index contributed by atoms with van der Waals surface area (Å²) < 4.78 is 53.4. The van der Waals surface area contributed by atoms with Crippen molar-refractivity contribution in [1.29, 1.82) is 0 Å². The maximum absolute atomic E-state index is 13.3. The van der Waals surface area contributed by atoms with E-state index in [-0.39, 0.29) is 18.3 Å². The minimum absolute atomic E-state index is 0.283. The van der Waals surface area contributed by atoms with Crippen molar-refractivity contribution in [3.8, 4) is 17.2 Å². The lowest BCUT2D eigenvalue weighted by molar-refractivity contribution is -0.274. The van der Waals surface area contributed by atoms with E-state index in [9.17, 15) is 18.0 Å². The van der Waals surface area contributed by atoms with Crippen molar-refractivity contribution < 1.29 is 32.2 Å². The lowest BCUT2D eigenvalue weighted by Crippen LogP contribution is -2.53. The molecule has 0 fully saturated rings. The van der Waals surface area contributed by atoms with Crippen LogP contribution in [0.5, 0.6) is 17.2 Å². The van der Waals surface area contributed by atoms with Gasteiger partial charge in [0, 0.05) is 19.0 Å². The Balaban J connectivity index is 1.49. The van der Waals surface area contributed by atoms with Crippen LogP contribution in [0.25, 0.3) is 0 Å². The fraction of sp³-hybridized carbons (Fsp3) is 0.250. The Morgan fingerprint density at radius 3 is 2.58 bits per heavy atom. The highest BCUT2D eigenvalue weighted by atomic mass is 19.4. The number of pyridine rings is 1. The van der Waals surface area contributed by atoms with Crippen LogP contribution < -0.4 is 19.5 Å². The number of amides is 1. The lowest BCUT2D eigenvalue weighted by atomic mass is 9.81. The number of hydrogen-bond donors (Lipinski definition) is 1. The van der Waals surface area contributed by atoms with Crippen molar-refractivity contribution in [2.45, 2.75) is 30.8 Å². The van der Waals surface area contributed by atoms with Gasteiger partial charge in [0.2, 0.25) is 0 Å². The Kier molecular flexibility index (Phi) is 5.11. The van der Waals surface area contributed by atoms with Gasteiger partial charge in [0.1, 0.15) is 28.5 Å². The van der Waals surface area contributed by atoms with Crippen LogP contribution in [0.4, 0.5) is 13.2 Å². The van der Waals surface area contributed by atoms with Crippen LogP contribution >= 0.6 is 0 Å². The quantitative estimate of drug-likeness (QED) is 0.640. The van der Waals surface area contributed by atoms with Gasteiger partial charge < -0.3 is 19.5 Å². The van der Waals surface area contributed by atoms with Gasteiger partial charge in [0.15, 0.2) is 6.10 Å². The molecule has 170 valence electrons. The number of aromatic nitrogens is 1. The molecular weight excluding hydrogens is 437 g/mol. The van der Waals surface area contributed by atoms with E-state index < -0.39 is 18.0 Å². The average Bonchev–Trinajstić information content (AvgIpc) is 3.23. The zero-order chi connectivity index (χ0) is 23.1. The molecule has 0 aliphatic carbocycles. The number of rotatable bonds is 4. The highest BCUT2D eigenvalue weighted by molar-refractivity contribution is 5.84. The van der Waals surface area contributed by atoms with Gasteiger partial charge in [-0.05, 0) is 41.5 Å². The molecule has 0 radical (unpaired) electrons. The summed E-state index contributed by atoms with van der Waals surface area (Å²) in [5, 5.41) is 3.08. The Labute approximate surface area is 187 Å². The van der Waals surface area contributed by atoms with Crippen LogP contribution in [0.15, 0.2) is 66.9 Å². The van der Waals surface area contributed by atoms with Crippen LogP contribution in [-0.2, 0) is 16.8 Å². The molecule has 2 aromatic carbocycles. The van der Waals surface area contributed by atoms with Crippen molar-refractivity contribution >= 4 is 5.91 Å². The first-order valence-electron chi connectivity index (χ1n) is 10.4. The van der Waals surface area contributed by atoms with Gasteiger partial charge in [0.05, 0.1) is 6.61 Å². The van der Waals surface area contributed by atoms with Crippen LogP contribution in [0.1, 0.15) is 23.2 Å². The van der Waals surface area contributed by atoms with E-state index in [2.05, 4.69) is 15.0 Å². The minimum atomic E-state index is -4.80. The summed E-state index contributed by atoms with van der Waals surface area (Å²) in [6, 6.07) is 16.3. The molecule has 0 spiro atoms. The van der Waals surface area contributed by atoms with Crippen molar-refractivity contribution in [3.63, 3.8) is 0 Å². The molecule has 0 saturated heterocycles. The molecule has 1 N–H and O–H groups in total. The second kappa shape index (κ2) is 7.99. The van der Waals surface area contributed by atoms with Gasteiger partial charge in [-0.15, -0.1) is 13.2 Å². The molecule has 2 unspecified atom stereocenters. The van der Waals surface area contributed by atoms with Gasteiger partial charge >= 0.3 is 6.36 Å². The summed E-state index contributed by atoms with van der Waals surface area (Å²) in [5.41, 5.74) is 0.862. The van der Waals surface area contributed by atoms with Gasteiger partial charge in [-0.2, -0.15) is 0 Å². The number of nitrogens with zero attached hydrogens (tertiary/aromatic N) is 1. The number of nitrogens with one attached hydrogen (secondary N) is 1. The molecule has 1 aromatic heterocycles. The number of carbonyl (C=O) groups is 1. The van der Waals surface area contributed by atoms with E-state index in [0.717, 1.165) is 5.56 Å². The molecule has 2 aliphatic rings. The van der Waals surface area contributed by atoms with E-state index in [1.807, 2.05) is 24.3 Å². The summed E-state index contributed by atoms with van der Waals surface area (Å²) in [7, 11) is 0. The Morgan fingerprint density at radius 2 is 1.82 bits per heavy atom.